The molecule has 0 bridgehead atoms. The summed E-state index contributed by atoms with van der Waals surface area (Å²) in [6.45, 7) is 5.30. The number of Topliss-reactive ketones (excluding diaryl/α,β-unsaturated/α-hetero) is 1. The first-order valence-corrected chi connectivity index (χ1v) is 10.5. The first kappa shape index (κ1) is 19.6. The first-order chi connectivity index (χ1) is 15.0. The molecule has 1 atom stereocenters. The summed E-state index contributed by atoms with van der Waals surface area (Å²) < 4.78 is 18.9. The highest BCUT2D eigenvalue weighted by Gasteiger charge is 2.31. The van der Waals surface area contributed by atoms with E-state index in [9.17, 15) is 9.59 Å². The Labute approximate surface area is 180 Å². The van der Waals surface area contributed by atoms with Gasteiger partial charge in [-0.05, 0) is 50.5 Å². The minimum Gasteiger partial charge on any atom is -0.452 e. The van der Waals surface area contributed by atoms with E-state index in [1.54, 1.807) is 18.2 Å². The van der Waals surface area contributed by atoms with E-state index >= 15 is 0 Å². The van der Waals surface area contributed by atoms with Crippen molar-refractivity contribution in [2.45, 2.75) is 39.3 Å². The van der Waals surface area contributed by atoms with E-state index in [1.807, 2.05) is 31.3 Å². The highest BCUT2D eigenvalue weighted by atomic mass is 16.6. The minimum atomic E-state index is -0.526. The van der Waals surface area contributed by atoms with Crippen LogP contribution in [0.2, 0.25) is 0 Å². The van der Waals surface area contributed by atoms with Gasteiger partial charge in [-0.2, -0.15) is 0 Å². The number of ketones is 1. The number of esters is 1. The molecule has 0 radical (unpaired) electrons. The topological polar surface area (TPSA) is 66.8 Å². The van der Waals surface area contributed by atoms with Crippen molar-refractivity contribution in [3.05, 3.63) is 65.0 Å². The van der Waals surface area contributed by atoms with Crippen LogP contribution in [-0.2, 0) is 16.1 Å². The van der Waals surface area contributed by atoms with Crippen LogP contribution < -0.4 is 9.47 Å². The van der Waals surface area contributed by atoms with Gasteiger partial charge in [0.1, 0.15) is 11.5 Å². The standard InChI is InChI=1S/C25H23NO5/c1-3-26-14-16(18-7-4-5-8-19(18)26)12-22-24(27)23-15(2)11-17(13-21(23)31-22)30-25(28)20-9-6-10-29-20/h4-5,7-8,11-14,20H,3,6,9-10H2,1-2H3/b22-12-. The fourth-order valence-electron chi connectivity index (χ4n) is 4.27. The van der Waals surface area contributed by atoms with Crippen LogP contribution in [0.25, 0.3) is 17.0 Å². The van der Waals surface area contributed by atoms with E-state index in [4.69, 9.17) is 14.2 Å². The molecule has 0 saturated carbocycles. The number of carbonyl (C=O) groups is 2. The number of fused-ring (bicyclic) bond motifs is 2. The van der Waals surface area contributed by atoms with Crippen LogP contribution in [0.5, 0.6) is 11.5 Å². The number of benzene rings is 2. The Morgan fingerprint density at radius 1 is 1.29 bits per heavy atom. The van der Waals surface area contributed by atoms with Crippen LogP contribution in [0.15, 0.2) is 48.4 Å². The van der Waals surface area contributed by atoms with E-state index in [2.05, 4.69) is 17.6 Å². The molecule has 158 valence electrons. The van der Waals surface area contributed by atoms with Crippen LogP contribution in [0.4, 0.5) is 0 Å². The van der Waals surface area contributed by atoms with Gasteiger partial charge in [-0.15, -0.1) is 0 Å². The van der Waals surface area contributed by atoms with Gasteiger partial charge < -0.3 is 18.8 Å². The van der Waals surface area contributed by atoms with Crippen molar-refractivity contribution >= 4 is 28.7 Å². The molecule has 2 aliphatic rings. The highest BCUT2D eigenvalue weighted by molar-refractivity contribution is 6.16. The zero-order valence-electron chi connectivity index (χ0n) is 17.5. The van der Waals surface area contributed by atoms with Crippen molar-refractivity contribution in [2.75, 3.05) is 6.61 Å². The Bertz CT molecular complexity index is 1230. The van der Waals surface area contributed by atoms with Gasteiger partial charge in [-0.25, -0.2) is 4.79 Å². The Morgan fingerprint density at radius 2 is 2.13 bits per heavy atom. The second kappa shape index (κ2) is 7.71. The Morgan fingerprint density at radius 3 is 2.90 bits per heavy atom. The number of hydrogen-bond donors (Lipinski definition) is 0. The van der Waals surface area contributed by atoms with Gasteiger partial charge in [0.05, 0.1) is 5.56 Å². The van der Waals surface area contributed by atoms with E-state index in [-0.39, 0.29) is 11.5 Å². The highest BCUT2D eigenvalue weighted by Crippen LogP contribution is 2.38. The molecule has 6 heteroatoms. The van der Waals surface area contributed by atoms with Gasteiger partial charge in [-0.3, -0.25) is 4.79 Å². The third kappa shape index (κ3) is 3.43. The third-order valence-electron chi connectivity index (χ3n) is 5.80. The summed E-state index contributed by atoms with van der Waals surface area (Å²) in [7, 11) is 0. The van der Waals surface area contributed by atoms with Gasteiger partial charge in [0.2, 0.25) is 5.78 Å². The van der Waals surface area contributed by atoms with Crippen molar-refractivity contribution in [1.29, 1.82) is 0 Å². The molecule has 1 unspecified atom stereocenters. The number of para-hydroxylation sites is 1. The summed E-state index contributed by atoms with van der Waals surface area (Å²) in [6, 6.07) is 11.4. The van der Waals surface area contributed by atoms with E-state index in [0.29, 0.717) is 35.7 Å². The molecule has 31 heavy (non-hydrogen) atoms. The molecule has 0 aliphatic carbocycles. The molecule has 2 aliphatic heterocycles. The second-order valence-electron chi connectivity index (χ2n) is 7.86. The quantitative estimate of drug-likeness (QED) is 0.351. The number of nitrogens with zero attached hydrogens (tertiary/aromatic N) is 1. The van der Waals surface area contributed by atoms with Gasteiger partial charge in [0, 0.05) is 41.9 Å². The summed E-state index contributed by atoms with van der Waals surface area (Å²) in [5, 5.41) is 1.06. The number of rotatable bonds is 4. The van der Waals surface area contributed by atoms with Gasteiger partial charge >= 0.3 is 5.97 Å². The molecular weight excluding hydrogens is 394 g/mol. The van der Waals surface area contributed by atoms with Crippen molar-refractivity contribution < 1.29 is 23.8 Å². The fraction of sp³-hybridized carbons (Fsp3) is 0.280. The van der Waals surface area contributed by atoms with Gasteiger partial charge in [0.15, 0.2) is 11.9 Å². The first-order valence-electron chi connectivity index (χ1n) is 10.5. The maximum atomic E-state index is 13.0. The maximum Gasteiger partial charge on any atom is 0.340 e. The second-order valence-corrected chi connectivity index (χ2v) is 7.86. The average molecular weight is 417 g/mol. The lowest BCUT2D eigenvalue weighted by atomic mass is 10.0. The van der Waals surface area contributed by atoms with E-state index in [1.165, 1.54) is 0 Å². The van der Waals surface area contributed by atoms with Crippen molar-refractivity contribution in [3.63, 3.8) is 0 Å². The lowest BCUT2D eigenvalue weighted by Gasteiger charge is -2.11. The summed E-state index contributed by atoms with van der Waals surface area (Å²) in [6.07, 6.45) is 4.80. The number of aryl methyl sites for hydroxylation is 2. The molecule has 1 saturated heterocycles. The molecular formula is C25H23NO5. The number of allylic oxidation sites excluding steroid dienone is 1. The summed E-state index contributed by atoms with van der Waals surface area (Å²) >= 11 is 0. The molecule has 0 N–H and O–H groups in total. The molecule has 1 fully saturated rings. The molecule has 2 aromatic carbocycles. The normalized spacial score (nSPS) is 19.1. The predicted molar refractivity (Wildman–Crippen MR) is 116 cm³/mol. The zero-order valence-corrected chi connectivity index (χ0v) is 17.5. The number of aromatic nitrogens is 1. The molecule has 5 rings (SSSR count). The minimum absolute atomic E-state index is 0.169. The summed E-state index contributed by atoms with van der Waals surface area (Å²) in [5.41, 5.74) is 3.25. The van der Waals surface area contributed by atoms with Crippen LogP contribution in [-0.4, -0.2) is 29.0 Å². The lowest BCUT2D eigenvalue weighted by Crippen LogP contribution is -2.24. The smallest absolute Gasteiger partial charge is 0.340 e. The molecule has 3 heterocycles. The van der Waals surface area contributed by atoms with E-state index < -0.39 is 12.1 Å². The van der Waals surface area contributed by atoms with Crippen molar-refractivity contribution in [2.24, 2.45) is 0 Å². The largest absolute Gasteiger partial charge is 0.452 e. The van der Waals surface area contributed by atoms with Gasteiger partial charge in [0.25, 0.3) is 0 Å². The lowest BCUT2D eigenvalue weighted by molar-refractivity contribution is -0.144. The number of ether oxygens (including phenoxy) is 3. The Balaban J connectivity index is 1.46. The van der Waals surface area contributed by atoms with Crippen LogP contribution in [0, 0.1) is 6.92 Å². The van der Waals surface area contributed by atoms with Crippen molar-refractivity contribution in [3.8, 4) is 11.5 Å². The van der Waals surface area contributed by atoms with E-state index in [0.717, 1.165) is 29.4 Å². The molecule has 0 amide bonds. The van der Waals surface area contributed by atoms with Crippen molar-refractivity contribution in [1.82, 2.24) is 4.57 Å². The molecule has 6 nitrogen and oxygen atoms in total. The summed E-state index contributed by atoms with van der Waals surface area (Å²) in [4.78, 5) is 25.3. The predicted octanol–water partition coefficient (Wildman–Crippen LogP) is 4.67. The van der Waals surface area contributed by atoms with Crippen LogP contribution in [0.3, 0.4) is 0 Å². The zero-order chi connectivity index (χ0) is 21.5. The number of carbonyl (C=O) groups excluding carboxylic acids is 2. The monoisotopic (exact) mass is 417 g/mol. The average Bonchev–Trinajstić information content (AvgIpc) is 3.47. The molecule has 0 spiro atoms. The summed E-state index contributed by atoms with van der Waals surface area (Å²) in [5.74, 6) is 0.445. The Kier molecular flexibility index (Phi) is 4.87. The fourth-order valence-corrected chi connectivity index (χ4v) is 4.27. The van der Waals surface area contributed by atoms with Crippen LogP contribution in [0.1, 0.15) is 41.3 Å². The molecule has 3 aromatic rings. The SMILES string of the molecule is CCn1cc(/C=C2\Oc3cc(OC(=O)C4CCCO4)cc(C)c3C2=O)c2ccccc21. The van der Waals surface area contributed by atoms with Gasteiger partial charge in [-0.1, -0.05) is 18.2 Å². The number of hydrogen-bond acceptors (Lipinski definition) is 5. The third-order valence-corrected chi connectivity index (χ3v) is 5.80. The molecule has 1 aromatic heterocycles. The maximum absolute atomic E-state index is 13.0. The Hall–Kier alpha value is -3.38. The van der Waals surface area contributed by atoms with Crippen LogP contribution >= 0.6 is 0 Å².